The van der Waals surface area contributed by atoms with Crippen molar-refractivity contribution in [3.05, 3.63) is 101 Å². The van der Waals surface area contributed by atoms with Gasteiger partial charge >= 0.3 is 0 Å². The number of benzene rings is 5. The molecule has 1 aliphatic rings. The van der Waals surface area contributed by atoms with Crippen molar-refractivity contribution in [2.45, 2.75) is 12.8 Å². The highest BCUT2D eigenvalue weighted by Gasteiger charge is 2.13. The van der Waals surface area contributed by atoms with E-state index in [1.54, 1.807) is 0 Å². The number of anilines is 2. The smallest absolute Gasteiger partial charge is 0.0391 e. The van der Waals surface area contributed by atoms with Gasteiger partial charge in [0.05, 0.1) is 0 Å². The number of thiophene rings is 1. The van der Waals surface area contributed by atoms with Gasteiger partial charge in [0.1, 0.15) is 0 Å². The highest BCUT2D eigenvalue weighted by atomic mass is 32.1. The van der Waals surface area contributed by atoms with Crippen LogP contribution in [0.5, 0.6) is 0 Å². The molecule has 5 aromatic carbocycles. The van der Waals surface area contributed by atoms with Crippen LogP contribution in [0, 0.1) is 0 Å². The minimum absolute atomic E-state index is 1.12. The second-order valence-corrected chi connectivity index (χ2v) is 9.70. The first kappa shape index (κ1) is 18.0. The van der Waals surface area contributed by atoms with Crippen LogP contribution in [0.2, 0.25) is 0 Å². The van der Waals surface area contributed by atoms with Gasteiger partial charge in [-0.1, -0.05) is 66.7 Å². The molecule has 0 amide bonds. The largest absolute Gasteiger partial charge is 0.355 e. The monoisotopic (exact) mass is 427 g/mol. The Balaban J connectivity index is 1.39. The summed E-state index contributed by atoms with van der Waals surface area (Å²) in [6.07, 6.45) is 6.92. The molecule has 1 aliphatic carbocycles. The number of hydrogen-bond donors (Lipinski definition) is 1. The molecule has 0 saturated heterocycles. The fraction of sp³-hybridized carbons (Fsp3) is 0.0667. The van der Waals surface area contributed by atoms with Gasteiger partial charge in [-0.15, -0.1) is 11.3 Å². The molecule has 0 radical (unpaired) electrons. The van der Waals surface area contributed by atoms with E-state index in [9.17, 15) is 0 Å². The molecule has 0 bridgehead atoms. The van der Waals surface area contributed by atoms with Crippen LogP contribution in [0.3, 0.4) is 0 Å². The summed E-state index contributed by atoms with van der Waals surface area (Å²) in [5, 5.41) is 12.9. The minimum Gasteiger partial charge on any atom is -0.355 e. The third-order valence-electron chi connectivity index (χ3n) is 6.66. The normalized spacial score (nSPS) is 13.2. The molecule has 0 saturated carbocycles. The predicted molar refractivity (Wildman–Crippen MR) is 141 cm³/mol. The Morgan fingerprint density at radius 1 is 0.594 bits per heavy atom. The second-order valence-electron chi connectivity index (χ2n) is 8.57. The Hall–Kier alpha value is -3.62. The molecule has 152 valence electrons. The molecule has 7 rings (SSSR count). The summed E-state index contributed by atoms with van der Waals surface area (Å²) in [5.74, 6) is 0. The molecule has 32 heavy (non-hydrogen) atoms. The number of fused-ring (bicyclic) bond motifs is 9. The number of allylic oxidation sites excluding steroid dienone is 1. The molecule has 2 heteroatoms. The van der Waals surface area contributed by atoms with Crippen molar-refractivity contribution in [1.82, 2.24) is 0 Å². The van der Waals surface area contributed by atoms with E-state index >= 15 is 0 Å². The summed E-state index contributed by atoms with van der Waals surface area (Å²) >= 11 is 1.94. The Bertz CT molecular complexity index is 1670. The summed E-state index contributed by atoms with van der Waals surface area (Å²) in [5.41, 5.74) is 3.68. The molecule has 1 nitrogen and oxygen atoms in total. The summed E-state index contributed by atoms with van der Waals surface area (Å²) in [6, 6.07) is 31.0. The van der Waals surface area contributed by atoms with Gasteiger partial charge in [0.2, 0.25) is 0 Å². The van der Waals surface area contributed by atoms with Gasteiger partial charge in [0, 0.05) is 26.3 Å². The molecule has 1 N–H and O–H groups in total. The molecule has 0 aliphatic heterocycles. The van der Waals surface area contributed by atoms with Crippen LogP contribution >= 0.6 is 11.3 Å². The van der Waals surface area contributed by atoms with Crippen molar-refractivity contribution in [2.75, 3.05) is 5.32 Å². The summed E-state index contributed by atoms with van der Waals surface area (Å²) < 4.78 is 1.38. The lowest BCUT2D eigenvalue weighted by Crippen LogP contribution is -1.91. The Kier molecular flexibility index (Phi) is 3.91. The maximum Gasteiger partial charge on any atom is 0.0391 e. The molecule has 0 spiro atoms. The SMILES string of the molecule is C1=Cc2c(sc3ccc(Nc4ccc5c6ccccc6c6ccccc6c5c4)cc23)CC1. The minimum atomic E-state index is 1.12. The standard InChI is InChI=1S/C30H21NS/c1-2-9-23-21(7-1)22-8-3-4-10-24(22)27-17-19(13-15-25(23)27)31-20-14-16-30-28(18-20)26-11-5-6-12-29(26)32-30/h1-5,7-11,13-18,31H,6,12H2. The van der Waals surface area contributed by atoms with Gasteiger partial charge in [0.25, 0.3) is 0 Å². The van der Waals surface area contributed by atoms with Gasteiger partial charge in [-0.25, -0.2) is 0 Å². The van der Waals surface area contributed by atoms with Crippen LogP contribution in [0.1, 0.15) is 16.9 Å². The van der Waals surface area contributed by atoms with Gasteiger partial charge < -0.3 is 5.32 Å². The maximum absolute atomic E-state index is 3.68. The third-order valence-corrected chi connectivity index (χ3v) is 7.91. The van der Waals surface area contributed by atoms with Crippen molar-refractivity contribution in [3.63, 3.8) is 0 Å². The lowest BCUT2D eigenvalue weighted by Gasteiger charge is -2.13. The average molecular weight is 428 g/mol. The zero-order valence-electron chi connectivity index (χ0n) is 17.6. The van der Waals surface area contributed by atoms with Gasteiger partial charge in [-0.3, -0.25) is 0 Å². The van der Waals surface area contributed by atoms with E-state index in [4.69, 9.17) is 0 Å². The van der Waals surface area contributed by atoms with E-state index in [-0.39, 0.29) is 0 Å². The number of hydrogen-bond acceptors (Lipinski definition) is 2. The Morgan fingerprint density at radius 3 is 1.91 bits per heavy atom. The van der Waals surface area contributed by atoms with E-state index in [1.807, 2.05) is 11.3 Å². The zero-order chi connectivity index (χ0) is 21.1. The predicted octanol–water partition coefficient (Wildman–Crippen LogP) is 9.06. The van der Waals surface area contributed by atoms with E-state index in [0.29, 0.717) is 0 Å². The van der Waals surface area contributed by atoms with Crippen molar-refractivity contribution in [3.8, 4) is 0 Å². The van der Waals surface area contributed by atoms with E-state index in [0.717, 1.165) is 17.8 Å². The molecule has 0 unspecified atom stereocenters. The van der Waals surface area contributed by atoms with E-state index in [1.165, 1.54) is 59.3 Å². The summed E-state index contributed by atoms with van der Waals surface area (Å²) in [6.45, 7) is 0. The highest BCUT2D eigenvalue weighted by Crippen LogP contribution is 2.39. The highest BCUT2D eigenvalue weighted by molar-refractivity contribution is 7.19. The van der Waals surface area contributed by atoms with Crippen molar-refractivity contribution in [2.24, 2.45) is 0 Å². The van der Waals surface area contributed by atoms with Gasteiger partial charge in [0.15, 0.2) is 0 Å². The summed E-state index contributed by atoms with van der Waals surface area (Å²) in [7, 11) is 0. The quantitative estimate of drug-likeness (QED) is 0.272. The van der Waals surface area contributed by atoms with Crippen LogP contribution in [-0.4, -0.2) is 0 Å². The Labute approximate surface area is 190 Å². The molecule has 0 fully saturated rings. The molecular formula is C30H21NS. The number of nitrogens with one attached hydrogen (secondary N) is 1. The second kappa shape index (κ2) is 6.94. The van der Waals surface area contributed by atoms with Crippen LogP contribution in [0.15, 0.2) is 91.0 Å². The molecular weight excluding hydrogens is 406 g/mol. The summed E-state index contributed by atoms with van der Waals surface area (Å²) in [4.78, 5) is 1.52. The lowest BCUT2D eigenvalue weighted by molar-refractivity contribution is 1.02. The molecule has 1 aromatic heterocycles. The average Bonchev–Trinajstić information content (AvgIpc) is 3.22. The van der Waals surface area contributed by atoms with Crippen molar-refractivity contribution >= 4 is 71.2 Å². The van der Waals surface area contributed by atoms with Gasteiger partial charge in [-0.05, 0) is 81.1 Å². The first-order chi connectivity index (χ1) is 15.8. The molecule has 0 atom stereocenters. The van der Waals surface area contributed by atoms with Crippen molar-refractivity contribution in [1.29, 1.82) is 0 Å². The Morgan fingerprint density at radius 2 is 1.19 bits per heavy atom. The van der Waals surface area contributed by atoms with E-state index < -0.39 is 0 Å². The molecule has 1 heterocycles. The first-order valence-corrected chi connectivity index (χ1v) is 12.0. The topological polar surface area (TPSA) is 12.0 Å². The van der Waals surface area contributed by atoms with Crippen molar-refractivity contribution < 1.29 is 0 Å². The number of aryl methyl sites for hydroxylation is 1. The zero-order valence-corrected chi connectivity index (χ0v) is 18.4. The van der Waals surface area contributed by atoms with E-state index in [2.05, 4.69) is 102 Å². The van der Waals surface area contributed by atoms with Crippen LogP contribution in [-0.2, 0) is 6.42 Å². The maximum atomic E-state index is 3.68. The van der Waals surface area contributed by atoms with Crippen LogP contribution < -0.4 is 5.32 Å². The number of rotatable bonds is 2. The van der Waals surface area contributed by atoms with Gasteiger partial charge in [-0.2, -0.15) is 0 Å². The fourth-order valence-corrected chi connectivity index (χ4v) is 6.37. The fourth-order valence-electron chi connectivity index (χ4n) is 5.18. The third kappa shape index (κ3) is 2.70. The van der Waals surface area contributed by atoms with Crippen LogP contribution in [0.4, 0.5) is 11.4 Å². The lowest BCUT2D eigenvalue weighted by atomic mass is 9.94. The first-order valence-electron chi connectivity index (χ1n) is 11.2. The molecule has 6 aromatic rings. The van der Waals surface area contributed by atoms with Crippen LogP contribution in [0.25, 0.3) is 48.5 Å².